The number of nitrogens with one attached hydrogen (secondary N) is 1. The molecule has 0 aliphatic heterocycles. The lowest BCUT2D eigenvalue weighted by atomic mass is 10.1. The van der Waals surface area contributed by atoms with Gasteiger partial charge in [0.2, 0.25) is 0 Å². The van der Waals surface area contributed by atoms with E-state index >= 15 is 0 Å². The fourth-order valence-corrected chi connectivity index (χ4v) is 1.62. The van der Waals surface area contributed by atoms with Crippen LogP contribution in [0.2, 0.25) is 0 Å². The summed E-state index contributed by atoms with van der Waals surface area (Å²) >= 11 is 0. The van der Waals surface area contributed by atoms with E-state index in [0.717, 1.165) is 30.2 Å². The first-order valence-electron chi connectivity index (χ1n) is 6.32. The third-order valence-electron chi connectivity index (χ3n) is 2.66. The maximum atomic E-state index is 8.93. The predicted molar refractivity (Wildman–Crippen MR) is 72.1 cm³/mol. The Morgan fingerprint density at radius 1 is 1.33 bits per heavy atom. The van der Waals surface area contributed by atoms with E-state index in [0.29, 0.717) is 6.61 Å². The molecule has 18 heavy (non-hydrogen) atoms. The summed E-state index contributed by atoms with van der Waals surface area (Å²) in [5.74, 6) is 1.80. The lowest BCUT2D eigenvalue weighted by Crippen LogP contribution is -2.22. The largest absolute Gasteiger partial charge is 0.493 e. The second-order valence-electron chi connectivity index (χ2n) is 4.34. The Balaban J connectivity index is 2.56. The van der Waals surface area contributed by atoms with Gasteiger partial charge in [0.25, 0.3) is 0 Å². The molecule has 0 saturated carbocycles. The minimum absolute atomic E-state index is 0.208. The Bertz CT molecular complexity index is 355. The molecule has 1 rings (SSSR count). The first-order valence-corrected chi connectivity index (χ1v) is 6.32. The summed E-state index contributed by atoms with van der Waals surface area (Å²) in [6.45, 7) is 6.34. The minimum atomic E-state index is 0.208. The van der Waals surface area contributed by atoms with Crippen LogP contribution >= 0.6 is 0 Å². The summed E-state index contributed by atoms with van der Waals surface area (Å²) in [6, 6.07) is 5.92. The zero-order valence-electron chi connectivity index (χ0n) is 11.4. The van der Waals surface area contributed by atoms with E-state index in [2.05, 4.69) is 5.32 Å². The van der Waals surface area contributed by atoms with Gasteiger partial charge in [0.1, 0.15) is 0 Å². The molecule has 2 N–H and O–H groups in total. The van der Waals surface area contributed by atoms with Gasteiger partial charge in [-0.2, -0.15) is 0 Å². The molecule has 4 heteroatoms. The molecule has 1 aromatic carbocycles. The molecule has 0 fully saturated rings. The fraction of sp³-hybridized carbons (Fsp3) is 0.571. The maximum absolute atomic E-state index is 8.93. The van der Waals surface area contributed by atoms with Gasteiger partial charge in [0, 0.05) is 19.7 Å². The zero-order valence-corrected chi connectivity index (χ0v) is 11.4. The van der Waals surface area contributed by atoms with Gasteiger partial charge in [-0.3, -0.25) is 0 Å². The second-order valence-corrected chi connectivity index (χ2v) is 4.34. The Hall–Kier alpha value is -1.26. The van der Waals surface area contributed by atoms with Crippen LogP contribution in [0.1, 0.15) is 19.4 Å². The molecule has 0 radical (unpaired) electrons. The monoisotopic (exact) mass is 253 g/mol. The maximum Gasteiger partial charge on any atom is 0.161 e. The standard InChI is InChI=1S/C14H23NO3/c1-4-18-13-6-5-12(7-14(13)17-3)9-15-8-11(2)10-16/h5-7,11,15-16H,4,8-10H2,1-3H3. The predicted octanol–water partition coefficient (Wildman–Crippen LogP) is 1.81. The van der Waals surface area contributed by atoms with E-state index in [-0.39, 0.29) is 12.5 Å². The van der Waals surface area contributed by atoms with Gasteiger partial charge in [-0.05, 0) is 30.5 Å². The number of hydrogen-bond donors (Lipinski definition) is 2. The van der Waals surface area contributed by atoms with Gasteiger partial charge in [0.05, 0.1) is 13.7 Å². The molecular formula is C14H23NO3. The van der Waals surface area contributed by atoms with Crippen molar-refractivity contribution in [3.8, 4) is 11.5 Å². The Morgan fingerprint density at radius 3 is 2.72 bits per heavy atom. The molecular weight excluding hydrogens is 230 g/mol. The van der Waals surface area contributed by atoms with Crippen LogP contribution in [-0.4, -0.2) is 32.0 Å². The van der Waals surface area contributed by atoms with Crippen molar-refractivity contribution in [2.24, 2.45) is 5.92 Å². The van der Waals surface area contributed by atoms with E-state index in [1.165, 1.54) is 0 Å². The summed E-state index contributed by atoms with van der Waals surface area (Å²) < 4.78 is 10.8. The van der Waals surface area contributed by atoms with E-state index in [9.17, 15) is 0 Å². The molecule has 0 spiro atoms. The summed E-state index contributed by atoms with van der Waals surface area (Å²) in [4.78, 5) is 0. The van der Waals surface area contributed by atoms with E-state index in [1.807, 2.05) is 32.0 Å². The first kappa shape index (κ1) is 14.8. The van der Waals surface area contributed by atoms with Crippen molar-refractivity contribution in [1.29, 1.82) is 0 Å². The van der Waals surface area contributed by atoms with Crippen molar-refractivity contribution < 1.29 is 14.6 Å². The van der Waals surface area contributed by atoms with E-state index < -0.39 is 0 Å². The van der Waals surface area contributed by atoms with Crippen LogP contribution in [0.25, 0.3) is 0 Å². The molecule has 0 saturated heterocycles. The molecule has 102 valence electrons. The molecule has 0 heterocycles. The normalized spacial score (nSPS) is 12.2. The molecule has 0 aromatic heterocycles. The van der Waals surface area contributed by atoms with Crippen LogP contribution in [0, 0.1) is 5.92 Å². The SMILES string of the molecule is CCOc1ccc(CNCC(C)CO)cc1OC. The van der Waals surface area contributed by atoms with Crippen molar-refractivity contribution in [2.45, 2.75) is 20.4 Å². The number of hydrogen-bond acceptors (Lipinski definition) is 4. The van der Waals surface area contributed by atoms with Crippen LogP contribution in [-0.2, 0) is 6.54 Å². The Labute approximate surface area is 109 Å². The lowest BCUT2D eigenvalue weighted by Gasteiger charge is -2.12. The van der Waals surface area contributed by atoms with Crippen LogP contribution < -0.4 is 14.8 Å². The molecule has 1 unspecified atom stereocenters. The molecule has 0 amide bonds. The van der Waals surface area contributed by atoms with Crippen LogP contribution in [0.4, 0.5) is 0 Å². The Morgan fingerprint density at radius 2 is 2.11 bits per heavy atom. The summed E-state index contributed by atoms with van der Waals surface area (Å²) in [5, 5.41) is 12.2. The first-order chi connectivity index (χ1) is 8.71. The van der Waals surface area contributed by atoms with Gasteiger partial charge in [-0.1, -0.05) is 13.0 Å². The smallest absolute Gasteiger partial charge is 0.161 e. The number of methoxy groups -OCH3 is 1. The minimum Gasteiger partial charge on any atom is -0.493 e. The van der Waals surface area contributed by atoms with Crippen molar-refractivity contribution in [3.63, 3.8) is 0 Å². The van der Waals surface area contributed by atoms with Gasteiger partial charge in [-0.25, -0.2) is 0 Å². The number of ether oxygens (including phenoxy) is 2. The molecule has 4 nitrogen and oxygen atoms in total. The number of rotatable bonds is 8. The zero-order chi connectivity index (χ0) is 13.4. The van der Waals surface area contributed by atoms with Crippen LogP contribution in [0.5, 0.6) is 11.5 Å². The van der Waals surface area contributed by atoms with Crippen molar-refractivity contribution in [2.75, 3.05) is 26.9 Å². The van der Waals surface area contributed by atoms with Gasteiger partial charge in [-0.15, -0.1) is 0 Å². The number of aliphatic hydroxyl groups is 1. The third-order valence-corrected chi connectivity index (χ3v) is 2.66. The lowest BCUT2D eigenvalue weighted by molar-refractivity contribution is 0.233. The van der Waals surface area contributed by atoms with Gasteiger partial charge in [0.15, 0.2) is 11.5 Å². The summed E-state index contributed by atoms with van der Waals surface area (Å²) in [6.07, 6.45) is 0. The quantitative estimate of drug-likeness (QED) is 0.742. The highest BCUT2D eigenvalue weighted by atomic mass is 16.5. The molecule has 0 aliphatic rings. The van der Waals surface area contributed by atoms with Gasteiger partial charge >= 0.3 is 0 Å². The summed E-state index contributed by atoms with van der Waals surface area (Å²) in [5.41, 5.74) is 1.14. The molecule has 0 bridgehead atoms. The molecule has 1 aromatic rings. The molecule has 1 atom stereocenters. The highest BCUT2D eigenvalue weighted by Gasteiger charge is 2.05. The highest BCUT2D eigenvalue weighted by Crippen LogP contribution is 2.27. The summed E-state index contributed by atoms with van der Waals surface area (Å²) in [7, 11) is 1.64. The van der Waals surface area contributed by atoms with E-state index in [1.54, 1.807) is 7.11 Å². The van der Waals surface area contributed by atoms with Crippen molar-refractivity contribution in [3.05, 3.63) is 23.8 Å². The van der Waals surface area contributed by atoms with Crippen molar-refractivity contribution in [1.82, 2.24) is 5.32 Å². The van der Waals surface area contributed by atoms with Crippen LogP contribution in [0.3, 0.4) is 0 Å². The van der Waals surface area contributed by atoms with E-state index in [4.69, 9.17) is 14.6 Å². The second kappa shape index (κ2) is 7.95. The molecule has 0 aliphatic carbocycles. The highest BCUT2D eigenvalue weighted by molar-refractivity contribution is 5.42. The topological polar surface area (TPSA) is 50.7 Å². The average Bonchev–Trinajstić information content (AvgIpc) is 2.40. The average molecular weight is 253 g/mol. The number of benzene rings is 1. The van der Waals surface area contributed by atoms with Gasteiger partial charge < -0.3 is 19.9 Å². The third kappa shape index (κ3) is 4.55. The van der Waals surface area contributed by atoms with Crippen LogP contribution in [0.15, 0.2) is 18.2 Å². The fourth-order valence-electron chi connectivity index (χ4n) is 1.62. The Kier molecular flexibility index (Phi) is 6.54. The van der Waals surface area contributed by atoms with Crippen molar-refractivity contribution >= 4 is 0 Å². The number of aliphatic hydroxyl groups excluding tert-OH is 1.